The van der Waals surface area contributed by atoms with Crippen LogP contribution in [0.3, 0.4) is 0 Å². The first kappa shape index (κ1) is 17.9. The summed E-state index contributed by atoms with van der Waals surface area (Å²) in [4.78, 5) is 26.3. The molecule has 1 saturated heterocycles. The number of carbonyl (C=O) groups is 2. The Labute approximate surface area is 148 Å². The molecule has 1 atom stereocenters. The lowest BCUT2D eigenvalue weighted by Crippen LogP contribution is -2.40. The van der Waals surface area contributed by atoms with Gasteiger partial charge in [0.25, 0.3) is 5.91 Å². The van der Waals surface area contributed by atoms with E-state index in [0.717, 1.165) is 19.3 Å². The zero-order valence-corrected chi connectivity index (χ0v) is 15.2. The maximum absolute atomic E-state index is 12.7. The molecule has 136 valence electrons. The Morgan fingerprint density at radius 3 is 2.32 bits per heavy atom. The van der Waals surface area contributed by atoms with Crippen molar-refractivity contribution in [2.24, 2.45) is 5.92 Å². The van der Waals surface area contributed by atoms with Gasteiger partial charge in [0.2, 0.25) is 5.91 Å². The van der Waals surface area contributed by atoms with Crippen LogP contribution in [0.2, 0.25) is 0 Å². The molecule has 1 saturated carbocycles. The van der Waals surface area contributed by atoms with Gasteiger partial charge in [0.15, 0.2) is 9.84 Å². The molecule has 0 spiro atoms. The number of amides is 2. The largest absolute Gasteiger partial charge is 0.335 e. The molecule has 2 aliphatic rings. The number of rotatable bonds is 5. The number of hydrogen-bond acceptors (Lipinski definition) is 4. The minimum atomic E-state index is -3.03. The number of nitrogens with zero attached hydrogens (tertiary/aromatic N) is 1. The quantitative estimate of drug-likeness (QED) is 0.867. The second-order valence-corrected chi connectivity index (χ2v) is 9.07. The molecule has 2 fully saturated rings. The van der Waals surface area contributed by atoms with E-state index < -0.39 is 9.84 Å². The predicted octanol–water partition coefficient (Wildman–Crippen LogP) is 2.07. The highest BCUT2D eigenvalue weighted by molar-refractivity contribution is 7.91. The Balaban J connectivity index is 1.65. The van der Waals surface area contributed by atoms with Crippen molar-refractivity contribution in [3.05, 3.63) is 29.8 Å². The van der Waals surface area contributed by atoms with Gasteiger partial charge >= 0.3 is 0 Å². The number of nitrogens with one attached hydrogen (secondary N) is 1. The maximum Gasteiger partial charge on any atom is 0.254 e. The second kappa shape index (κ2) is 7.15. The summed E-state index contributed by atoms with van der Waals surface area (Å²) < 4.78 is 23.3. The van der Waals surface area contributed by atoms with Crippen LogP contribution in [0.15, 0.2) is 24.3 Å². The van der Waals surface area contributed by atoms with Crippen LogP contribution < -0.4 is 5.32 Å². The van der Waals surface area contributed by atoms with Crippen molar-refractivity contribution in [1.29, 1.82) is 0 Å². The fourth-order valence-corrected chi connectivity index (χ4v) is 5.10. The first-order valence-electron chi connectivity index (χ1n) is 8.82. The Hall–Kier alpha value is -1.89. The van der Waals surface area contributed by atoms with Gasteiger partial charge in [-0.3, -0.25) is 9.59 Å². The molecule has 7 heteroatoms. The summed E-state index contributed by atoms with van der Waals surface area (Å²) in [6.07, 6.45) is 3.49. The highest BCUT2D eigenvalue weighted by atomic mass is 32.2. The summed E-state index contributed by atoms with van der Waals surface area (Å²) in [5.41, 5.74) is 1.19. The first-order valence-corrected chi connectivity index (χ1v) is 10.6. The zero-order valence-electron chi connectivity index (χ0n) is 14.4. The van der Waals surface area contributed by atoms with Crippen LogP contribution in [0.4, 0.5) is 5.69 Å². The third-order valence-corrected chi connectivity index (χ3v) is 6.88. The predicted molar refractivity (Wildman–Crippen MR) is 96.2 cm³/mol. The fraction of sp³-hybridized carbons (Fsp3) is 0.556. The van der Waals surface area contributed by atoms with Crippen LogP contribution in [-0.4, -0.2) is 49.2 Å². The zero-order chi connectivity index (χ0) is 18.0. The summed E-state index contributed by atoms with van der Waals surface area (Å²) >= 11 is 0. The average molecular weight is 364 g/mol. The topological polar surface area (TPSA) is 83.6 Å². The van der Waals surface area contributed by atoms with Crippen LogP contribution in [0.25, 0.3) is 0 Å². The van der Waals surface area contributed by atoms with E-state index >= 15 is 0 Å². The van der Waals surface area contributed by atoms with E-state index in [9.17, 15) is 18.0 Å². The normalized spacial score (nSPS) is 22.2. The van der Waals surface area contributed by atoms with Crippen LogP contribution in [0.5, 0.6) is 0 Å². The van der Waals surface area contributed by atoms with E-state index in [1.807, 2.05) is 6.92 Å². The monoisotopic (exact) mass is 364 g/mol. The molecule has 25 heavy (non-hydrogen) atoms. The molecule has 0 radical (unpaired) electrons. The SMILES string of the molecule is CCN(C(=O)c1ccc(NC(=O)C2CCC2)cc1)[C@@H]1CCS(=O)(=O)C1. The van der Waals surface area contributed by atoms with E-state index in [-0.39, 0.29) is 35.3 Å². The van der Waals surface area contributed by atoms with E-state index in [1.54, 1.807) is 29.2 Å². The van der Waals surface area contributed by atoms with Crippen molar-refractivity contribution >= 4 is 27.3 Å². The highest BCUT2D eigenvalue weighted by Crippen LogP contribution is 2.27. The summed E-state index contributed by atoms with van der Waals surface area (Å²) in [6.45, 7) is 2.33. The number of benzene rings is 1. The summed E-state index contributed by atoms with van der Waals surface area (Å²) in [7, 11) is -3.03. The highest BCUT2D eigenvalue weighted by Gasteiger charge is 2.34. The van der Waals surface area contributed by atoms with Crippen molar-refractivity contribution in [2.45, 2.75) is 38.6 Å². The lowest BCUT2D eigenvalue weighted by molar-refractivity contribution is -0.122. The number of anilines is 1. The van der Waals surface area contributed by atoms with Gasteiger partial charge in [-0.15, -0.1) is 0 Å². The van der Waals surface area contributed by atoms with Crippen molar-refractivity contribution in [3.63, 3.8) is 0 Å². The third-order valence-electron chi connectivity index (χ3n) is 5.13. The molecule has 0 unspecified atom stereocenters. The molecule has 6 nitrogen and oxygen atoms in total. The van der Waals surface area contributed by atoms with Crippen LogP contribution in [-0.2, 0) is 14.6 Å². The Kier molecular flexibility index (Phi) is 5.13. The number of carbonyl (C=O) groups excluding carboxylic acids is 2. The fourth-order valence-electron chi connectivity index (χ4n) is 3.37. The van der Waals surface area contributed by atoms with Gasteiger partial charge in [-0.25, -0.2) is 8.42 Å². The van der Waals surface area contributed by atoms with Gasteiger partial charge in [0.05, 0.1) is 11.5 Å². The molecular formula is C18H24N2O4S. The first-order chi connectivity index (χ1) is 11.9. The smallest absolute Gasteiger partial charge is 0.254 e. The molecule has 3 rings (SSSR count). The van der Waals surface area contributed by atoms with Crippen molar-refractivity contribution in [1.82, 2.24) is 4.90 Å². The molecule has 1 aliphatic carbocycles. The van der Waals surface area contributed by atoms with Gasteiger partial charge in [0, 0.05) is 29.8 Å². The molecule has 1 heterocycles. The van der Waals surface area contributed by atoms with E-state index in [1.165, 1.54) is 0 Å². The van der Waals surface area contributed by atoms with Gasteiger partial charge < -0.3 is 10.2 Å². The van der Waals surface area contributed by atoms with Gasteiger partial charge in [-0.05, 0) is 50.5 Å². The molecule has 1 N–H and O–H groups in total. The Morgan fingerprint density at radius 1 is 1.16 bits per heavy atom. The minimum absolute atomic E-state index is 0.0386. The molecule has 1 aliphatic heterocycles. The summed E-state index contributed by atoms with van der Waals surface area (Å²) in [5, 5.41) is 2.88. The van der Waals surface area contributed by atoms with Gasteiger partial charge in [-0.2, -0.15) is 0 Å². The minimum Gasteiger partial charge on any atom is -0.335 e. The Bertz CT molecular complexity index is 754. The number of hydrogen-bond donors (Lipinski definition) is 1. The molecule has 1 aromatic carbocycles. The summed E-state index contributed by atoms with van der Waals surface area (Å²) in [6, 6.07) is 6.57. The van der Waals surface area contributed by atoms with E-state index in [4.69, 9.17) is 0 Å². The van der Waals surface area contributed by atoms with Crippen molar-refractivity contribution in [2.75, 3.05) is 23.4 Å². The molecular weight excluding hydrogens is 340 g/mol. The maximum atomic E-state index is 12.7. The second-order valence-electron chi connectivity index (χ2n) is 6.84. The van der Waals surface area contributed by atoms with Crippen molar-refractivity contribution in [3.8, 4) is 0 Å². The van der Waals surface area contributed by atoms with Crippen LogP contribution in [0, 0.1) is 5.92 Å². The number of sulfone groups is 1. The van der Waals surface area contributed by atoms with Crippen LogP contribution >= 0.6 is 0 Å². The molecule has 0 aromatic heterocycles. The lowest BCUT2D eigenvalue weighted by Gasteiger charge is -2.27. The molecule has 1 aromatic rings. The summed E-state index contributed by atoms with van der Waals surface area (Å²) in [5.74, 6) is 0.176. The standard InChI is InChI=1S/C18H24N2O4S/c1-2-20(16-10-11-25(23,24)12-16)18(22)14-6-8-15(9-7-14)19-17(21)13-4-3-5-13/h6-9,13,16H,2-5,10-12H2,1H3,(H,19,21)/t16-/m1/s1. The van der Waals surface area contributed by atoms with Gasteiger partial charge in [-0.1, -0.05) is 6.42 Å². The lowest BCUT2D eigenvalue weighted by atomic mass is 9.85. The van der Waals surface area contributed by atoms with Crippen molar-refractivity contribution < 1.29 is 18.0 Å². The van der Waals surface area contributed by atoms with E-state index in [2.05, 4.69) is 5.32 Å². The third kappa shape index (κ3) is 4.03. The Morgan fingerprint density at radius 2 is 1.84 bits per heavy atom. The van der Waals surface area contributed by atoms with Gasteiger partial charge in [0.1, 0.15) is 0 Å². The average Bonchev–Trinajstić information content (AvgIpc) is 2.86. The van der Waals surface area contributed by atoms with E-state index in [0.29, 0.717) is 24.2 Å². The molecule has 2 amide bonds. The van der Waals surface area contributed by atoms with Crippen LogP contribution in [0.1, 0.15) is 43.0 Å². The molecule has 0 bridgehead atoms.